The van der Waals surface area contributed by atoms with Gasteiger partial charge in [0.15, 0.2) is 6.10 Å². The van der Waals surface area contributed by atoms with E-state index in [1.165, 1.54) is 23.0 Å². The maximum Gasteiger partial charge on any atom is 0.418 e. The third-order valence-corrected chi connectivity index (χ3v) is 2.42. The molecule has 1 unspecified atom stereocenters. The maximum absolute atomic E-state index is 12.3. The van der Waals surface area contributed by atoms with E-state index < -0.39 is 12.3 Å². The molecule has 18 heavy (non-hydrogen) atoms. The highest BCUT2D eigenvalue weighted by Gasteiger charge is 2.39. The Hall–Kier alpha value is -1.76. The number of hydrogen-bond donors (Lipinski definition) is 1. The lowest BCUT2D eigenvalue weighted by Crippen LogP contribution is -2.19. The number of nitrogens with zero attached hydrogens (tertiary/aromatic N) is 2. The van der Waals surface area contributed by atoms with Crippen molar-refractivity contribution in [3.63, 3.8) is 0 Å². The smallest absolute Gasteiger partial charge is 0.379 e. The molecule has 2 aromatic rings. The fourth-order valence-electron chi connectivity index (χ4n) is 1.59. The summed E-state index contributed by atoms with van der Waals surface area (Å²) in [5.74, 6) is 0.632. The summed E-state index contributed by atoms with van der Waals surface area (Å²) < 4.78 is 43.2. The van der Waals surface area contributed by atoms with E-state index in [4.69, 9.17) is 9.63 Å². The van der Waals surface area contributed by atoms with Gasteiger partial charge in [-0.3, -0.25) is 0 Å². The molecule has 2 heterocycles. The van der Waals surface area contributed by atoms with Crippen molar-refractivity contribution < 1.29 is 22.8 Å². The van der Waals surface area contributed by atoms with Crippen LogP contribution in [0.15, 0.2) is 29.0 Å². The van der Waals surface area contributed by atoms with E-state index in [1.54, 1.807) is 13.0 Å². The molecule has 2 rings (SSSR count). The van der Waals surface area contributed by atoms with Crippen molar-refractivity contribution in [2.45, 2.75) is 25.7 Å². The number of halogens is 3. The van der Waals surface area contributed by atoms with Gasteiger partial charge in [-0.2, -0.15) is 13.2 Å². The lowest BCUT2D eigenvalue weighted by molar-refractivity contribution is -0.206. The second kappa shape index (κ2) is 4.49. The largest absolute Gasteiger partial charge is 0.418 e. The molecule has 7 heteroatoms. The normalized spacial score (nSPS) is 13.8. The van der Waals surface area contributed by atoms with Crippen LogP contribution in [0.4, 0.5) is 13.2 Å². The summed E-state index contributed by atoms with van der Waals surface area (Å²) in [6.45, 7) is 2.02. The van der Waals surface area contributed by atoms with Gasteiger partial charge in [0.1, 0.15) is 11.5 Å². The minimum atomic E-state index is -4.66. The number of aliphatic hydroxyl groups excluding tert-OH is 1. The van der Waals surface area contributed by atoms with Crippen LogP contribution in [0, 0.1) is 6.92 Å². The Labute approximate surface area is 101 Å². The van der Waals surface area contributed by atoms with Crippen LogP contribution in [0.2, 0.25) is 0 Å². The number of aliphatic hydroxyl groups is 1. The zero-order valence-corrected chi connectivity index (χ0v) is 9.48. The maximum atomic E-state index is 12.3. The van der Waals surface area contributed by atoms with Gasteiger partial charge in [0.05, 0.1) is 6.54 Å². The molecule has 1 atom stereocenters. The predicted molar refractivity (Wildman–Crippen MR) is 55.8 cm³/mol. The molecule has 0 saturated carbocycles. The van der Waals surface area contributed by atoms with Gasteiger partial charge in [-0.25, -0.2) is 0 Å². The van der Waals surface area contributed by atoms with Gasteiger partial charge in [0.2, 0.25) is 0 Å². The lowest BCUT2D eigenvalue weighted by atomic mass is 10.2. The average Bonchev–Trinajstić information content (AvgIpc) is 2.86. The molecule has 0 radical (unpaired) electrons. The third-order valence-electron chi connectivity index (χ3n) is 2.42. The lowest BCUT2D eigenvalue weighted by Gasteiger charge is -2.12. The van der Waals surface area contributed by atoms with Gasteiger partial charge < -0.3 is 14.2 Å². The van der Waals surface area contributed by atoms with Crippen LogP contribution in [0.25, 0.3) is 0 Å². The van der Waals surface area contributed by atoms with Crippen LogP contribution in [-0.4, -0.2) is 21.0 Å². The molecule has 98 valence electrons. The summed E-state index contributed by atoms with van der Waals surface area (Å²) in [6.07, 6.45) is -4.43. The molecule has 0 spiro atoms. The van der Waals surface area contributed by atoms with E-state index in [0.717, 1.165) is 0 Å². The second-order valence-electron chi connectivity index (χ2n) is 3.99. The monoisotopic (exact) mass is 260 g/mol. The van der Waals surface area contributed by atoms with E-state index in [-0.39, 0.29) is 5.56 Å². The summed E-state index contributed by atoms with van der Waals surface area (Å²) in [6, 6.07) is 2.92. The molecule has 0 aliphatic heterocycles. The summed E-state index contributed by atoms with van der Waals surface area (Å²) in [5.41, 5.74) is 0.416. The first-order chi connectivity index (χ1) is 8.36. The first-order valence-electron chi connectivity index (χ1n) is 5.19. The Kier molecular flexibility index (Phi) is 3.16. The van der Waals surface area contributed by atoms with E-state index in [2.05, 4.69) is 5.16 Å². The Bertz CT molecular complexity index is 530. The van der Waals surface area contributed by atoms with Gasteiger partial charge in [-0.1, -0.05) is 5.16 Å². The van der Waals surface area contributed by atoms with Gasteiger partial charge in [0.25, 0.3) is 0 Å². The number of aryl methyl sites for hydroxylation is 1. The van der Waals surface area contributed by atoms with E-state index in [0.29, 0.717) is 18.0 Å². The van der Waals surface area contributed by atoms with Crippen LogP contribution in [0.5, 0.6) is 0 Å². The van der Waals surface area contributed by atoms with Gasteiger partial charge >= 0.3 is 6.18 Å². The second-order valence-corrected chi connectivity index (χ2v) is 3.99. The molecule has 1 N–H and O–H groups in total. The molecular formula is C11H11F3N2O2. The third kappa shape index (κ3) is 2.73. The van der Waals surface area contributed by atoms with E-state index in [1.807, 2.05) is 0 Å². The molecule has 0 aromatic carbocycles. The van der Waals surface area contributed by atoms with Crippen molar-refractivity contribution in [1.29, 1.82) is 0 Å². The molecule has 0 amide bonds. The molecular weight excluding hydrogens is 249 g/mol. The molecule has 2 aromatic heterocycles. The highest BCUT2D eigenvalue weighted by molar-refractivity contribution is 5.16. The van der Waals surface area contributed by atoms with Crippen molar-refractivity contribution in [3.05, 3.63) is 41.5 Å². The van der Waals surface area contributed by atoms with E-state index in [9.17, 15) is 13.2 Å². The number of alkyl halides is 3. The van der Waals surface area contributed by atoms with Crippen LogP contribution in [0.3, 0.4) is 0 Å². The topological polar surface area (TPSA) is 51.2 Å². The Morgan fingerprint density at radius 1 is 1.50 bits per heavy atom. The van der Waals surface area contributed by atoms with Crippen molar-refractivity contribution in [3.8, 4) is 0 Å². The van der Waals surface area contributed by atoms with Crippen molar-refractivity contribution in [2.24, 2.45) is 0 Å². The van der Waals surface area contributed by atoms with Crippen molar-refractivity contribution in [1.82, 2.24) is 9.72 Å². The van der Waals surface area contributed by atoms with Gasteiger partial charge in [-0.05, 0) is 13.0 Å². The van der Waals surface area contributed by atoms with Crippen molar-refractivity contribution >= 4 is 0 Å². The minimum absolute atomic E-state index is 0.192. The Morgan fingerprint density at radius 3 is 2.78 bits per heavy atom. The van der Waals surface area contributed by atoms with Crippen LogP contribution >= 0.6 is 0 Å². The summed E-state index contributed by atoms with van der Waals surface area (Å²) in [7, 11) is 0. The Balaban J connectivity index is 2.11. The molecule has 4 nitrogen and oxygen atoms in total. The summed E-state index contributed by atoms with van der Waals surface area (Å²) in [5, 5.41) is 12.8. The van der Waals surface area contributed by atoms with E-state index >= 15 is 0 Å². The molecule has 0 bridgehead atoms. The predicted octanol–water partition coefficient (Wildman–Crippen LogP) is 2.43. The molecule has 0 saturated heterocycles. The van der Waals surface area contributed by atoms with Crippen LogP contribution < -0.4 is 0 Å². The zero-order chi connectivity index (χ0) is 13.3. The fraction of sp³-hybridized carbons (Fsp3) is 0.364. The van der Waals surface area contributed by atoms with Gasteiger partial charge in [0, 0.05) is 24.0 Å². The minimum Gasteiger partial charge on any atom is -0.379 e. The number of hydrogen-bond acceptors (Lipinski definition) is 3. The average molecular weight is 260 g/mol. The van der Waals surface area contributed by atoms with Crippen LogP contribution in [-0.2, 0) is 6.54 Å². The van der Waals surface area contributed by atoms with Crippen LogP contribution in [0.1, 0.15) is 23.1 Å². The highest BCUT2D eigenvalue weighted by atomic mass is 19.4. The van der Waals surface area contributed by atoms with Crippen molar-refractivity contribution in [2.75, 3.05) is 0 Å². The standard InChI is InChI=1S/C11H11F3N2O2/c1-7-4-9(15-18-7)6-16-3-2-8(5-16)10(17)11(12,13)14/h2-5,10,17H,6H2,1H3. The molecule has 0 fully saturated rings. The zero-order valence-electron chi connectivity index (χ0n) is 9.48. The summed E-state index contributed by atoms with van der Waals surface area (Å²) in [4.78, 5) is 0. The first-order valence-corrected chi connectivity index (χ1v) is 5.19. The fourth-order valence-corrected chi connectivity index (χ4v) is 1.59. The SMILES string of the molecule is Cc1cc(Cn2ccc(C(O)C(F)(F)F)c2)no1. The summed E-state index contributed by atoms with van der Waals surface area (Å²) >= 11 is 0. The number of rotatable bonds is 3. The molecule has 0 aliphatic rings. The highest BCUT2D eigenvalue weighted by Crippen LogP contribution is 2.32. The molecule has 0 aliphatic carbocycles. The Morgan fingerprint density at radius 2 is 2.22 bits per heavy atom. The quantitative estimate of drug-likeness (QED) is 0.922. The van der Waals surface area contributed by atoms with Gasteiger partial charge in [-0.15, -0.1) is 0 Å². The number of aromatic nitrogens is 2. The first kappa shape index (κ1) is 12.7.